The molecular formula is C13H9BrN2. The van der Waals surface area contributed by atoms with Crippen molar-refractivity contribution in [1.29, 1.82) is 0 Å². The van der Waals surface area contributed by atoms with Gasteiger partial charge in [-0.05, 0) is 23.8 Å². The first-order valence-electron chi connectivity index (χ1n) is 5.10. The summed E-state index contributed by atoms with van der Waals surface area (Å²) in [5.74, 6) is 0. The number of aliphatic imine (C=N–C) groups is 1. The Kier molecular flexibility index (Phi) is 2.33. The van der Waals surface area contributed by atoms with Crippen LogP contribution in [0.15, 0.2) is 52.1 Å². The van der Waals surface area contributed by atoms with Gasteiger partial charge in [-0.2, -0.15) is 0 Å². The molecule has 2 heterocycles. The fourth-order valence-corrected chi connectivity index (χ4v) is 2.18. The number of para-hydroxylation sites is 1. The van der Waals surface area contributed by atoms with Crippen molar-refractivity contribution >= 4 is 27.3 Å². The molecule has 78 valence electrons. The molecule has 1 aromatic heterocycles. The second-order valence-corrected chi connectivity index (χ2v) is 4.64. The number of benzene rings is 1. The Morgan fingerprint density at radius 2 is 2.00 bits per heavy atom. The second kappa shape index (κ2) is 3.83. The molecule has 1 aliphatic rings. The minimum Gasteiger partial charge on any atom is -0.255 e. The van der Waals surface area contributed by atoms with Crippen molar-refractivity contribution in [2.45, 2.75) is 6.42 Å². The second-order valence-electron chi connectivity index (χ2n) is 3.72. The lowest BCUT2D eigenvalue weighted by atomic mass is 10.1. The largest absolute Gasteiger partial charge is 0.255 e. The molecule has 0 spiro atoms. The van der Waals surface area contributed by atoms with Gasteiger partial charge < -0.3 is 0 Å². The van der Waals surface area contributed by atoms with Crippen molar-refractivity contribution in [2.24, 2.45) is 4.99 Å². The van der Waals surface area contributed by atoms with Crippen LogP contribution in [0.3, 0.4) is 0 Å². The Morgan fingerprint density at radius 3 is 2.81 bits per heavy atom. The van der Waals surface area contributed by atoms with Gasteiger partial charge in [-0.25, -0.2) is 0 Å². The number of hydrogen-bond donors (Lipinski definition) is 0. The van der Waals surface area contributed by atoms with Crippen molar-refractivity contribution in [3.05, 3.63) is 58.3 Å². The van der Waals surface area contributed by atoms with Crippen molar-refractivity contribution in [3.63, 3.8) is 0 Å². The van der Waals surface area contributed by atoms with Crippen LogP contribution in [-0.4, -0.2) is 10.7 Å². The van der Waals surface area contributed by atoms with E-state index < -0.39 is 0 Å². The molecule has 2 aromatic rings. The van der Waals surface area contributed by atoms with E-state index in [2.05, 4.69) is 32.0 Å². The predicted octanol–water partition coefficient (Wildman–Crippen LogP) is 3.52. The van der Waals surface area contributed by atoms with E-state index in [0.717, 1.165) is 28.0 Å². The van der Waals surface area contributed by atoms with Gasteiger partial charge in [0, 0.05) is 17.1 Å². The average Bonchev–Trinajstić information content (AvgIpc) is 2.72. The van der Waals surface area contributed by atoms with Gasteiger partial charge in [0.25, 0.3) is 0 Å². The summed E-state index contributed by atoms with van der Waals surface area (Å²) < 4.78 is 1.04. The minimum absolute atomic E-state index is 0.875. The highest BCUT2D eigenvalue weighted by molar-refractivity contribution is 9.10. The maximum atomic E-state index is 4.60. The van der Waals surface area contributed by atoms with Crippen LogP contribution in [0.4, 0.5) is 5.69 Å². The van der Waals surface area contributed by atoms with Crippen LogP contribution < -0.4 is 0 Å². The zero-order valence-corrected chi connectivity index (χ0v) is 10.1. The molecule has 1 aliphatic heterocycles. The van der Waals surface area contributed by atoms with E-state index in [0.29, 0.717) is 0 Å². The highest BCUT2D eigenvalue weighted by Crippen LogP contribution is 2.28. The maximum absolute atomic E-state index is 4.60. The molecule has 0 radical (unpaired) electrons. The lowest BCUT2D eigenvalue weighted by Crippen LogP contribution is -2.02. The van der Waals surface area contributed by atoms with Gasteiger partial charge in [-0.15, -0.1) is 0 Å². The van der Waals surface area contributed by atoms with Crippen LogP contribution >= 0.6 is 15.9 Å². The summed E-state index contributed by atoms with van der Waals surface area (Å²) in [6.07, 6.45) is 2.67. The highest BCUT2D eigenvalue weighted by atomic mass is 79.9. The number of nitrogens with zero attached hydrogens (tertiary/aromatic N) is 2. The summed E-state index contributed by atoms with van der Waals surface area (Å²) in [5.41, 5.74) is 4.34. The van der Waals surface area contributed by atoms with Gasteiger partial charge in [-0.3, -0.25) is 9.98 Å². The molecule has 0 bridgehead atoms. The van der Waals surface area contributed by atoms with Crippen LogP contribution in [0.2, 0.25) is 0 Å². The SMILES string of the molecule is Brc1ccnc(C2=Nc3ccccc3C2)c1. The molecule has 0 aliphatic carbocycles. The van der Waals surface area contributed by atoms with E-state index in [1.807, 2.05) is 30.3 Å². The number of halogens is 1. The number of fused-ring (bicyclic) bond motifs is 1. The first-order valence-corrected chi connectivity index (χ1v) is 5.89. The number of rotatable bonds is 1. The molecule has 1 aromatic carbocycles. The standard InChI is InChI=1S/C13H9BrN2/c14-10-5-6-15-12(8-10)13-7-9-3-1-2-4-11(9)16-13/h1-6,8H,7H2. The monoisotopic (exact) mass is 272 g/mol. The summed E-state index contributed by atoms with van der Waals surface area (Å²) in [5, 5.41) is 0. The topological polar surface area (TPSA) is 25.2 Å². The van der Waals surface area contributed by atoms with Crippen LogP contribution in [0, 0.1) is 0 Å². The Bertz CT molecular complexity index is 576. The van der Waals surface area contributed by atoms with E-state index in [4.69, 9.17) is 0 Å². The molecule has 0 unspecified atom stereocenters. The molecule has 2 nitrogen and oxygen atoms in total. The zero-order valence-electron chi connectivity index (χ0n) is 8.52. The lowest BCUT2D eigenvalue weighted by Gasteiger charge is -1.99. The van der Waals surface area contributed by atoms with Gasteiger partial charge in [0.2, 0.25) is 0 Å². The molecule has 0 atom stereocenters. The molecule has 3 rings (SSSR count). The molecule has 0 amide bonds. The van der Waals surface area contributed by atoms with E-state index in [9.17, 15) is 0 Å². The van der Waals surface area contributed by atoms with Gasteiger partial charge in [0.15, 0.2) is 0 Å². The summed E-state index contributed by atoms with van der Waals surface area (Å²) in [6, 6.07) is 12.1. The molecule has 0 saturated carbocycles. The molecular weight excluding hydrogens is 264 g/mol. The molecule has 0 N–H and O–H groups in total. The third-order valence-corrected chi connectivity index (χ3v) is 3.12. The van der Waals surface area contributed by atoms with E-state index in [1.54, 1.807) is 6.20 Å². The third kappa shape index (κ3) is 1.67. The maximum Gasteiger partial charge on any atom is 0.0859 e. The Balaban J connectivity index is 2.02. The van der Waals surface area contributed by atoms with Gasteiger partial charge >= 0.3 is 0 Å². The fourth-order valence-electron chi connectivity index (χ4n) is 1.85. The van der Waals surface area contributed by atoms with E-state index in [1.165, 1.54) is 5.56 Å². The van der Waals surface area contributed by atoms with Crippen molar-refractivity contribution in [1.82, 2.24) is 4.98 Å². The number of hydrogen-bond acceptors (Lipinski definition) is 2. The molecule has 3 heteroatoms. The summed E-state index contributed by atoms with van der Waals surface area (Å²) in [6.45, 7) is 0. The van der Waals surface area contributed by atoms with Crippen LogP contribution in [0.5, 0.6) is 0 Å². The summed E-state index contributed by atoms with van der Waals surface area (Å²) in [4.78, 5) is 8.94. The molecule has 16 heavy (non-hydrogen) atoms. The average molecular weight is 273 g/mol. The van der Waals surface area contributed by atoms with Gasteiger partial charge in [-0.1, -0.05) is 34.1 Å². The molecule has 0 fully saturated rings. The minimum atomic E-state index is 0.875. The normalized spacial score (nSPS) is 13.4. The molecule has 0 saturated heterocycles. The quantitative estimate of drug-likeness (QED) is 0.780. The van der Waals surface area contributed by atoms with Gasteiger partial charge in [0.05, 0.1) is 17.1 Å². The number of aromatic nitrogens is 1. The Labute approximate surface area is 102 Å². The Morgan fingerprint density at radius 1 is 1.12 bits per heavy atom. The fraction of sp³-hybridized carbons (Fsp3) is 0.0769. The van der Waals surface area contributed by atoms with E-state index in [-0.39, 0.29) is 0 Å². The predicted molar refractivity (Wildman–Crippen MR) is 68.3 cm³/mol. The van der Waals surface area contributed by atoms with Crippen molar-refractivity contribution < 1.29 is 0 Å². The zero-order chi connectivity index (χ0) is 11.0. The summed E-state index contributed by atoms with van der Waals surface area (Å²) >= 11 is 3.45. The smallest absolute Gasteiger partial charge is 0.0859 e. The van der Waals surface area contributed by atoms with Crippen molar-refractivity contribution in [3.8, 4) is 0 Å². The van der Waals surface area contributed by atoms with Crippen molar-refractivity contribution in [2.75, 3.05) is 0 Å². The van der Waals surface area contributed by atoms with Crippen LogP contribution in [-0.2, 0) is 6.42 Å². The number of pyridine rings is 1. The first kappa shape index (κ1) is 9.73. The Hall–Kier alpha value is -1.48. The lowest BCUT2D eigenvalue weighted by molar-refractivity contribution is 1.25. The highest BCUT2D eigenvalue weighted by Gasteiger charge is 2.16. The first-order chi connectivity index (χ1) is 7.83. The third-order valence-electron chi connectivity index (χ3n) is 2.62. The summed E-state index contributed by atoms with van der Waals surface area (Å²) in [7, 11) is 0. The van der Waals surface area contributed by atoms with Gasteiger partial charge in [0.1, 0.15) is 0 Å². The van der Waals surface area contributed by atoms with Crippen LogP contribution in [0.1, 0.15) is 11.3 Å². The van der Waals surface area contributed by atoms with E-state index >= 15 is 0 Å². The van der Waals surface area contributed by atoms with Crippen LogP contribution in [0.25, 0.3) is 0 Å².